The van der Waals surface area contributed by atoms with E-state index < -0.39 is 0 Å². The number of nitrogens with two attached hydrogens (primary N) is 1. The summed E-state index contributed by atoms with van der Waals surface area (Å²) in [6.45, 7) is 4.70. The molecule has 1 saturated heterocycles. The lowest BCUT2D eigenvalue weighted by molar-refractivity contribution is 0.0410. The van der Waals surface area contributed by atoms with Gasteiger partial charge in [-0.1, -0.05) is 11.6 Å². The summed E-state index contributed by atoms with van der Waals surface area (Å²) in [6, 6.07) is 1.74. The second kappa shape index (κ2) is 6.39. The lowest BCUT2D eigenvalue weighted by Crippen LogP contribution is -2.37. The fourth-order valence-electron chi connectivity index (χ4n) is 1.59. The van der Waals surface area contributed by atoms with E-state index in [0.717, 1.165) is 43.6 Å². The lowest BCUT2D eigenvalue weighted by atomic mass is 10.4. The van der Waals surface area contributed by atoms with Gasteiger partial charge in [-0.15, -0.1) is 11.8 Å². The molecule has 0 aromatic carbocycles. The van der Waals surface area contributed by atoms with Crippen molar-refractivity contribution in [3.05, 3.63) is 11.2 Å². The average molecular weight is 275 g/mol. The molecular weight excluding hydrogens is 260 g/mol. The van der Waals surface area contributed by atoms with Crippen LogP contribution >= 0.6 is 23.4 Å². The van der Waals surface area contributed by atoms with Crippen LogP contribution in [-0.4, -0.2) is 53.5 Å². The van der Waals surface area contributed by atoms with Crippen molar-refractivity contribution in [3.8, 4) is 0 Å². The molecule has 5 nitrogen and oxygen atoms in total. The number of thioether (sulfide) groups is 1. The molecule has 0 amide bonds. The second-order valence-corrected chi connectivity index (χ2v) is 5.19. The van der Waals surface area contributed by atoms with Crippen molar-refractivity contribution >= 4 is 29.3 Å². The molecule has 0 aliphatic carbocycles. The van der Waals surface area contributed by atoms with Crippen molar-refractivity contribution in [2.24, 2.45) is 0 Å². The van der Waals surface area contributed by atoms with Gasteiger partial charge >= 0.3 is 0 Å². The van der Waals surface area contributed by atoms with Crippen LogP contribution in [0, 0.1) is 0 Å². The molecule has 1 aromatic rings. The highest BCUT2D eigenvalue weighted by Crippen LogP contribution is 2.19. The molecule has 17 heavy (non-hydrogen) atoms. The van der Waals surface area contributed by atoms with Gasteiger partial charge in [0.2, 0.25) is 5.95 Å². The highest BCUT2D eigenvalue weighted by atomic mass is 35.5. The first-order chi connectivity index (χ1) is 8.24. The Bertz CT molecular complexity index is 353. The van der Waals surface area contributed by atoms with E-state index in [2.05, 4.69) is 14.9 Å². The van der Waals surface area contributed by atoms with Crippen molar-refractivity contribution in [2.75, 3.05) is 44.3 Å². The van der Waals surface area contributed by atoms with Crippen LogP contribution in [0.2, 0.25) is 5.15 Å². The van der Waals surface area contributed by atoms with E-state index in [9.17, 15) is 0 Å². The number of hydrogen-bond donors (Lipinski definition) is 1. The minimum absolute atomic E-state index is 0.228. The maximum Gasteiger partial charge on any atom is 0.222 e. The Morgan fingerprint density at radius 2 is 2.18 bits per heavy atom. The summed E-state index contributed by atoms with van der Waals surface area (Å²) in [5, 5.41) is 1.22. The molecule has 2 rings (SSSR count). The largest absolute Gasteiger partial charge is 0.379 e. The van der Waals surface area contributed by atoms with Gasteiger partial charge in [-0.05, 0) is 0 Å². The first-order valence-electron chi connectivity index (χ1n) is 5.47. The van der Waals surface area contributed by atoms with E-state index >= 15 is 0 Å². The number of ether oxygens (including phenoxy) is 1. The zero-order valence-corrected chi connectivity index (χ0v) is 11.0. The van der Waals surface area contributed by atoms with Crippen LogP contribution < -0.4 is 5.73 Å². The average Bonchev–Trinajstić information content (AvgIpc) is 2.29. The molecule has 0 radical (unpaired) electrons. The van der Waals surface area contributed by atoms with Crippen LogP contribution in [0.5, 0.6) is 0 Å². The monoisotopic (exact) mass is 274 g/mol. The van der Waals surface area contributed by atoms with Gasteiger partial charge in [0.15, 0.2) is 0 Å². The molecule has 2 N–H and O–H groups in total. The number of nitrogens with zero attached hydrogens (tertiary/aromatic N) is 3. The van der Waals surface area contributed by atoms with Gasteiger partial charge in [0.05, 0.1) is 13.2 Å². The van der Waals surface area contributed by atoms with Gasteiger partial charge in [-0.3, -0.25) is 4.90 Å². The van der Waals surface area contributed by atoms with Crippen LogP contribution in [0.1, 0.15) is 0 Å². The Morgan fingerprint density at radius 3 is 2.88 bits per heavy atom. The van der Waals surface area contributed by atoms with E-state index in [1.54, 1.807) is 17.8 Å². The van der Waals surface area contributed by atoms with Crippen molar-refractivity contribution in [2.45, 2.75) is 5.03 Å². The van der Waals surface area contributed by atoms with Crippen molar-refractivity contribution in [1.82, 2.24) is 14.9 Å². The summed E-state index contributed by atoms with van der Waals surface area (Å²) in [5.74, 6) is 1.19. The van der Waals surface area contributed by atoms with Crippen LogP contribution in [0.15, 0.2) is 11.1 Å². The van der Waals surface area contributed by atoms with Crippen LogP contribution in [0.4, 0.5) is 5.95 Å². The summed E-state index contributed by atoms with van der Waals surface area (Å²) >= 11 is 7.45. The summed E-state index contributed by atoms with van der Waals surface area (Å²) in [4.78, 5) is 10.3. The standard InChI is InChI=1S/C10H15ClN4OS/c11-8-7-9(14-10(12)13-8)17-6-3-15-1-4-16-5-2-15/h7H,1-6H2,(H2,12,13,14). The smallest absolute Gasteiger partial charge is 0.222 e. The number of rotatable bonds is 4. The molecule has 1 aromatic heterocycles. The van der Waals surface area contributed by atoms with E-state index in [-0.39, 0.29) is 5.95 Å². The molecule has 1 aliphatic rings. The minimum Gasteiger partial charge on any atom is -0.379 e. The third-order valence-electron chi connectivity index (χ3n) is 2.45. The van der Waals surface area contributed by atoms with Gasteiger partial charge < -0.3 is 10.5 Å². The normalized spacial score (nSPS) is 17.2. The number of morpholine rings is 1. The van der Waals surface area contributed by atoms with Gasteiger partial charge in [0.1, 0.15) is 10.2 Å². The maximum absolute atomic E-state index is 5.81. The fourth-order valence-corrected chi connectivity index (χ4v) is 2.76. The highest BCUT2D eigenvalue weighted by Gasteiger charge is 2.10. The van der Waals surface area contributed by atoms with Gasteiger partial charge in [0.25, 0.3) is 0 Å². The molecule has 2 heterocycles. The predicted octanol–water partition coefficient (Wildman–Crippen LogP) is 1.14. The Labute approximate surface area is 110 Å². The number of halogens is 1. The molecule has 1 aliphatic heterocycles. The summed E-state index contributed by atoms with van der Waals surface area (Å²) in [7, 11) is 0. The summed E-state index contributed by atoms with van der Waals surface area (Å²) in [5.41, 5.74) is 5.53. The molecule has 94 valence electrons. The van der Waals surface area contributed by atoms with Crippen LogP contribution in [0.3, 0.4) is 0 Å². The van der Waals surface area contributed by atoms with E-state index in [1.807, 2.05) is 0 Å². The maximum atomic E-state index is 5.81. The second-order valence-electron chi connectivity index (χ2n) is 3.69. The van der Waals surface area contributed by atoms with Crippen molar-refractivity contribution in [3.63, 3.8) is 0 Å². The molecule has 0 spiro atoms. The molecule has 0 saturated carbocycles. The molecule has 7 heteroatoms. The molecule has 0 bridgehead atoms. The van der Waals surface area contributed by atoms with Gasteiger partial charge in [-0.25, -0.2) is 9.97 Å². The first-order valence-corrected chi connectivity index (χ1v) is 6.83. The van der Waals surface area contributed by atoms with E-state index in [4.69, 9.17) is 22.1 Å². The van der Waals surface area contributed by atoms with E-state index in [0.29, 0.717) is 5.15 Å². The van der Waals surface area contributed by atoms with Gasteiger partial charge in [0, 0.05) is 31.5 Å². The van der Waals surface area contributed by atoms with Crippen molar-refractivity contribution < 1.29 is 4.74 Å². The minimum atomic E-state index is 0.228. The fraction of sp³-hybridized carbons (Fsp3) is 0.600. The Balaban J connectivity index is 1.77. The van der Waals surface area contributed by atoms with E-state index in [1.165, 1.54) is 0 Å². The molecular formula is C10H15ClN4OS. The van der Waals surface area contributed by atoms with Crippen LogP contribution in [-0.2, 0) is 4.74 Å². The first kappa shape index (κ1) is 12.9. The predicted molar refractivity (Wildman–Crippen MR) is 69.4 cm³/mol. The molecule has 1 fully saturated rings. The lowest BCUT2D eigenvalue weighted by Gasteiger charge is -2.26. The SMILES string of the molecule is Nc1nc(Cl)cc(SCCN2CCOCC2)n1. The third kappa shape index (κ3) is 4.31. The summed E-state index contributed by atoms with van der Waals surface area (Å²) in [6.07, 6.45) is 0. The number of hydrogen-bond acceptors (Lipinski definition) is 6. The Kier molecular flexibility index (Phi) is 4.85. The number of anilines is 1. The highest BCUT2D eigenvalue weighted by molar-refractivity contribution is 7.99. The number of aromatic nitrogens is 2. The molecule has 0 atom stereocenters. The Morgan fingerprint density at radius 1 is 1.41 bits per heavy atom. The topological polar surface area (TPSA) is 64.3 Å². The van der Waals surface area contributed by atoms with Gasteiger partial charge in [-0.2, -0.15) is 0 Å². The zero-order valence-electron chi connectivity index (χ0n) is 9.43. The third-order valence-corrected chi connectivity index (χ3v) is 3.54. The molecule has 0 unspecified atom stereocenters. The van der Waals surface area contributed by atoms with Crippen molar-refractivity contribution in [1.29, 1.82) is 0 Å². The number of nitrogen functional groups attached to an aromatic ring is 1. The zero-order chi connectivity index (χ0) is 12.1. The Hall–Kier alpha value is -0.560. The quantitative estimate of drug-likeness (QED) is 0.656. The summed E-state index contributed by atoms with van der Waals surface area (Å²) < 4.78 is 5.29. The van der Waals surface area contributed by atoms with Crippen LogP contribution in [0.25, 0.3) is 0 Å².